The molecule has 12 nitrogen and oxygen atoms in total. The van der Waals surface area contributed by atoms with Crippen LogP contribution in [0.3, 0.4) is 0 Å². The van der Waals surface area contributed by atoms with Crippen LogP contribution in [0.1, 0.15) is 99.3 Å². The van der Waals surface area contributed by atoms with Crippen molar-refractivity contribution in [1.82, 2.24) is 20.3 Å². The van der Waals surface area contributed by atoms with E-state index in [0.717, 1.165) is 19.3 Å². The monoisotopic (exact) mass is 682 g/mol. The van der Waals surface area contributed by atoms with Gasteiger partial charge in [-0.2, -0.15) is 0 Å². The van der Waals surface area contributed by atoms with Gasteiger partial charge in [0.25, 0.3) is 5.91 Å². The van der Waals surface area contributed by atoms with E-state index < -0.39 is 76.7 Å². The van der Waals surface area contributed by atoms with Gasteiger partial charge in [0, 0.05) is 18.9 Å². The molecule has 2 aliphatic carbocycles. The zero-order valence-electron chi connectivity index (χ0n) is 28.7. The molecule has 4 rings (SSSR count). The lowest BCUT2D eigenvalue weighted by Crippen LogP contribution is -2.58. The second-order valence-corrected chi connectivity index (χ2v) is 22.7. The first kappa shape index (κ1) is 36.4. The quantitative estimate of drug-likeness (QED) is 0.281. The fourth-order valence-corrected chi connectivity index (χ4v) is 8.61. The van der Waals surface area contributed by atoms with E-state index in [-0.39, 0.29) is 30.3 Å². The molecule has 2 heterocycles. The minimum Gasteiger partial charge on any atom is -0.444 e. The predicted octanol–water partition coefficient (Wildman–Crippen LogP) is 3.87. The number of amides is 4. The molecule has 2 aliphatic heterocycles. The number of nitrogens with one attached hydrogen (secondary N) is 3. The van der Waals surface area contributed by atoms with Crippen LogP contribution in [0.5, 0.6) is 0 Å². The van der Waals surface area contributed by atoms with Crippen LogP contribution in [0.25, 0.3) is 0 Å². The Morgan fingerprint density at radius 2 is 1.72 bits per heavy atom. The number of hydrogen-bond donors (Lipinski definition) is 3. The number of nitrogens with zero attached hydrogens (tertiary/aromatic N) is 1. The number of allylic oxidation sites excluding steroid dienone is 1. The Morgan fingerprint density at radius 1 is 1.04 bits per heavy atom. The summed E-state index contributed by atoms with van der Waals surface area (Å²) in [6.45, 7) is 16.0. The first-order valence-corrected chi connectivity index (χ1v) is 21.1. The number of carbonyl (C=O) groups is 4. The summed E-state index contributed by atoms with van der Waals surface area (Å²) in [4.78, 5) is 56.3. The van der Waals surface area contributed by atoms with Crippen LogP contribution in [0.4, 0.5) is 4.79 Å². The number of fused-ring (bicyclic) bond motifs is 2. The van der Waals surface area contributed by atoms with Gasteiger partial charge in [-0.1, -0.05) is 45.8 Å². The zero-order valence-corrected chi connectivity index (χ0v) is 30.6. The van der Waals surface area contributed by atoms with Gasteiger partial charge in [0.05, 0.1) is 11.4 Å². The molecule has 0 spiro atoms. The van der Waals surface area contributed by atoms with Crippen LogP contribution >= 0.6 is 0 Å². The highest BCUT2D eigenvalue weighted by atomic mass is 32.2. The summed E-state index contributed by atoms with van der Waals surface area (Å²) in [5.74, 6) is -2.08. The lowest BCUT2D eigenvalue weighted by atomic mass is 10.0. The highest BCUT2D eigenvalue weighted by Gasteiger charge is 2.62. The van der Waals surface area contributed by atoms with Crippen LogP contribution in [-0.2, 0) is 33.6 Å². The predicted molar refractivity (Wildman–Crippen MR) is 177 cm³/mol. The summed E-state index contributed by atoms with van der Waals surface area (Å²) in [6, 6.07) is -1.91. The molecule has 0 aromatic heterocycles. The van der Waals surface area contributed by atoms with E-state index in [0.29, 0.717) is 25.7 Å². The molecule has 1 saturated heterocycles. The van der Waals surface area contributed by atoms with Gasteiger partial charge in [-0.15, -0.1) is 0 Å². The van der Waals surface area contributed by atoms with Crippen molar-refractivity contribution in [3.63, 3.8) is 0 Å². The Kier molecular flexibility index (Phi) is 10.5. The largest absolute Gasteiger partial charge is 0.444 e. The molecule has 46 heavy (non-hydrogen) atoms. The van der Waals surface area contributed by atoms with Crippen LogP contribution < -0.4 is 15.4 Å². The van der Waals surface area contributed by atoms with Crippen LogP contribution in [0.15, 0.2) is 12.2 Å². The van der Waals surface area contributed by atoms with Gasteiger partial charge in [0.1, 0.15) is 23.2 Å². The normalized spacial score (nSPS) is 30.6. The fourth-order valence-electron chi connectivity index (χ4n) is 5.89. The third-order valence-electron chi connectivity index (χ3n) is 9.80. The minimum absolute atomic E-state index is 0.112. The van der Waals surface area contributed by atoms with Crippen LogP contribution in [0.2, 0.25) is 18.1 Å². The summed E-state index contributed by atoms with van der Waals surface area (Å²) < 4.78 is 39.8. The number of sulfonamides is 1. The van der Waals surface area contributed by atoms with Crippen LogP contribution in [-0.4, -0.2) is 86.6 Å². The van der Waals surface area contributed by atoms with E-state index in [9.17, 15) is 27.6 Å². The van der Waals surface area contributed by atoms with E-state index in [4.69, 9.17) is 9.16 Å². The van der Waals surface area contributed by atoms with Crippen molar-refractivity contribution in [3.8, 4) is 0 Å². The molecule has 4 aliphatic rings. The van der Waals surface area contributed by atoms with Gasteiger partial charge in [-0.3, -0.25) is 19.1 Å². The van der Waals surface area contributed by atoms with Gasteiger partial charge in [0.15, 0.2) is 8.32 Å². The Morgan fingerprint density at radius 3 is 2.33 bits per heavy atom. The van der Waals surface area contributed by atoms with E-state index in [1.54, 1.807) is 20.8 Å². The van der Waals surface area contributed by atoms with Gasteiger partial charge in [0.2, 0.25) is 21.8 Å². The third-order valence-corrected chi connectivity index (χ3v) is 16.2. The average molecular weight is 683 g/mol. The standard InChI is InChI=1S/C32H54N4O8SSi/c1-30(2,3)43-29(40)33-24-15-13-11-9-10-12-14-21-19-32(21,28(39)35-45(41,42)23-16-17-23)34-26(37)25-18-22(20-36(25)27(24)38)44-46(7,8)31(4,5)6/h12,14,21-25H,9-11,13,15-20H2,1-8H3,(H,33,40)(H,34,37)(H,35,39)/b14-12-/t21-,22-,24+,25+,32-/m1/s1. The summed E-state index contributed by atoms with van der Waals surface area (Å²) in [5.41, 5.74) is -2.20. The topological polar surface area (TPSA) is 160 Å². The second kappa shape index (κ2) is 13.2. The molecule has 2 saturated carbocycles. The Hall–Kier alpha value is -2.45. The summed E-state index contributed by atoms with van der Waals surface area (Å²) in [7, 11) is -6.14. The molecule has 0 aromatic rings. The van der Waals surface area contributed by atoms with Crippen LogP contribution in [0, 0.1) is 5.92 Å². The van der Waals surface area contributed by atoms with Gasteiger partial charge in [-0.05, 0) is 77.4 Å². The lowest BCUT2D eigenvalue weighted by Gasteiger charge is -2.38. The van der Waals surface area contributed by atoms with E-state index in [1.807, 2.05) is 12.2 Å². The van der Waals surface area contributed by atoms with Crippen molar-refractivity contribution in [2.24, 2.45) is 5.92 Å². The maximum absolute atomic E-state index is 14.3. The molecule has 0 bridgehead atoms. The number of ether oxygens (including phenoxy) is 1. The van der Waals surface area contributed by atoms with Crippen molar-refractivity contribution in [1.29, 1.82) is 0 Å². The maximum atomic E-state index is 14.3. The van der Waals surface area contributed by atoms with Gasteiger partial charge in [-0.25, -0.2) is 13.2 Å². The molecule has 4 amide bonds. The first-order chi connectivity index (χ1) is 21.2. The molecule has 0 radical (unpaired) electrons. The molecule has 3 fully saturated rings. The van der Waals surface area contributed by atoms with Gasteiger partial charge >= 0.3 is 6.09 Å². The van der Waals surface area contributed by atoms with Crippen molar-refractivity contribution >= 4 is 42.2 Å². The number of carbonyl (C=O) groups excluding carboxylic acids is 4. The third kappa shape index (κ3) is 8.71. The molecular weight excluding hydrogens is 629 g/mol. The first-order valence-electron chi connectivity index (χ1n) is 16.7. The molecule has 0 unspecified atom stereocenters. The Labute approximate surface area is 275 Å². The molecule has 3 N–H and O–H groups in total. The fraction of sp³-hybridized carbons (Fsp3) is 0.812. The average Bonchev–Trinajstić information content (AvgIpc) is 3.82. The molecule has 14 heteroatoms. The number of hydrogen-bond acceptors (Lipinski definition) is 8. The highest BCUT2D eigenvalue weighted by Crippen LogP contribution is 2.46. The molecule has 0 aromatic carbocycles. The van der Waals surface area contributed by atoms with Crippen molar-refractivity contribution in [3.05, 3.63) is 12.2 Å². The van der Waals surface area contributed by atoms with E-state index in [1.165, 1.54) is 4.90 Å². The minimum atomic E-state index is -3.84. The van der Waals surface area contributed by atoms with Crippen molar-refractivity contribution in [2.75, 3.05) is 6.54 Å². The number of alkyl carbamates (subject to hydrolysis) is 1. The SMILES string of the molecule is CC(C)(C)OC(=O)N[C@H]1CCCCC/C=C\[C@@H]2C[C@@]2(C(=O)NS(=O)(=O)C2CC2)NC(=O)[C@@H]2C[C@@H](O[Si](C)(C)C(C)(C)C)CN2C1=O. The smallest absolute Gasteiger partial charge is 0.408 e. The number of rotatable bonds is 6. The lowest BCUT2D eigenvalue weighted by molar-refractivity contribution is -0.141. The second-order valence-electron chi connectivity index (χ2n) is 16.0. The van der Waals surface area contributed by atoms with Crippen molar-refractivity contribution in [2.45, 2.75) is 152 Å². The molecule has 5 atom stereocenters. The summed E-state index contributed by atoms with van der Waals surface area (Å²) in [5, 5.41) is 4.95. The highest BCUT2D eigenvalue weighted by molar-refractivity contribution is 7.91. The Balaban J connectivity index is 1.65. The van der Waals surface area contributed by atoms with E-state index in [2.05, 4.69) is 49.2 Å². The van der Waals surface area contributed by atoms with Gasteiger partial charge < -0.3 is 24.7 Å². The summed E-state index contributed by atoms with van der Waals surface area (Å²) in [6.07, 6.45) is 7.56. The molecular formula is C32H54N4O8SSi. The van der Waals surface area contributed by atoms with Crippen molar-refractivity contribution < 1.29 is 36.8 Å². The maximum Gasteiger partial charge on any atom is 0.408 e. The Bertz CT molecular complexity index is 1330. The molecule has 260 valence electrons. The van der Waals surface area contributed by atoms with E-state index >= 15 is 0 Å². The zero-order chi connectivity index (χ0) is 34.3. The summed E-state index contributed by atoms with van der Waals surface area (Å²) >= 11 is 0.